The lowest BCUT2D eigenvalue weighted by Crippen LogP contribution is -2.17. The van der Waals surface area contributed by atoms with Crippen molar-refractivity contribution in [3.8, 4) is 0 Å². The molecular weight excluding hydrogens is 581 g/mol. The van der Waals surface area contributed by atoms with Gasteiger partial charge in [0.05, 0.1) is 25.3 Å². The third kappa shape index (κ3) is 7.53. The molecule has 2 amide bonds. The van der Waals surface area contributed by atoms with Crippen LogP contribution in [0.25, 0.3) is 0 Å². The molecule has 8 nitrogen and oxygen atoms in total. The van der Waals surface area contributed by atoms with E-state index in [1.807, 2.05) is 0 Å². The highest BCUT2D eigenvalue weighted by Crippen LogP contribution is 2.42. The smallest absolute Gasteiger partial charge is 0.341 e. The van der Waals surface area contributed by atoms with E-state index in [-0.39, 0.29) is 24.7 Å². The number of thioether (sulfide) groups is 1. The standard InChI is InChI=1S/C30H40N2O6S3/c1-5-17-7-9-19-21(15-17)40-27(25(19)29(35)37-3)31-23(33)11-13-39-14-12-24(34)32-28-26(30(36)38-4)20-10-8-18(6-2)16-22(20)41-28/h17-18H,5-16H2,1-4H3,(H,31,33)(H,32,34). The van der Waals surface area contributed by atoms with Crippen molar-refractivity contribution < 1.29 is 28.7 Å². The molecule has 4 rings (SSSR count). The van der Waals surface area contributed by atoms with Crippen molar-refractivity contribution in [2.45, 2.75) is 78.1 Å². The van der Waals surface area contributed by atoms with Crippen LogP contribution in [0.1, 0.15) is 94.0 Å². The summed E-state index contributed by atoms with van der Waals surface area (Å²) >= 11 is 4.51. The van der Waals surface area contributed by atoms with Gasteiger partial charge in [-0.15, -0.1) is 22.7 Å². The number of carbonyl (C=O) groups is 4. The molecule has 11 heteroatoms. The molecule has 2 aliphatic rings. The Morgan fingerprint density at radius 1 is 0.756 bits per heavy atom. The summed E-state index contributed by atoms with van der Waals surface area (Å²) in [7, 11) is 2.74. The monoisotopic (exact) mass is 620 g/mol. The van der Waals surface area contributed by atoms with Crippen LogP contribution in [0, 0.1) is 11.8 Å². The summed E-state index contributed by atoms with van der Waals surface area (Å²) in [6, 6.07) is 0. The quantitative estimate of drug-likeness (QED) is 0.206. The van der Waals surface area contributed by atoms with Gasteiger partial charge in [0, 0.05) is 34.1 Å². The number of hydrogen-bond donors (Lipinski definition) is 2. The average Bonchev–Trinajstić information content (AvgIpc) is 3.51. The molecule has 2 atom stereocenters. The molecule has 2 aromatic rings. The Bertz CT molecular complexity index is 1190. The lowest BCUT2D eigenvalue weighted by atomic mass is 9.85. The van der Waals surface area contributed by atoms with E-state index in [1.165, 1.54) is 58.4 Å². The zero-order chi connectivity index (χ0) is 29.5. The minimum Gasteiger partial charge on any atom is -0.465 e. The molecule has 0 fully saturated rings. The number of rotatable bonds is 12. The third-order valence-corrected chi connectivity index (χ3v) is 11.4. The first-order valence-corrected chi connectivity index (χ1v) is 17.2. The van der Waals surface area contributed by atoms with Crippen LogP contribution in [-0.4, -0.2) is 49.5 Å². The topological polar surface area (TPSA) is 111 Å². The highest BCUT2D eigenvalue weighted by atomic mass is 32.2. The average molecular weight is 621 g/mol. The Hall–Kier alpha value is -2.37. The first kappa shape index (κ1) is 31.6. The second kappa shape index (κ2) is 14.7. The predicted octanol–water partition coefficient (Wildman–Crippen LogP) is 6.50. The molecule has 0 spiro atoms. The zero-order valence-corrected chi connectivity index (χ0v) is 26.8. The van der Waals surface area contributed by atoms with Gasteiger partial charge in [-0.2, -0.15) is 11.8 Å². The molecule has 2 aromatic heterocycles. The number of ether oxygens (including phenoxy) is 2. The maximum Gasteiger partial charge on any atom is 0.341 e. The molecule has 0 saturated carbocycles. The summed E-state index contributed by atoms with van der Waals surface area (Å²) in [4.78, 5) is 52.8. The Labute approximate surface area is 254 Å². The Kier molecular flexibility index (Phi) is 11.3. The van der Waals surface area contributed by atoms with Gasteiger partial charge >= 0.3 is 11.9 Å². The number of nitrogens with one attached hydrogen (secondary N) is 2. The fourth-order valence-corrected chi connectivity index (χ4v) is 9.22. The van der Waals surface area contributed by atoms with Crippen molar-refractivity contribution in [1.29, 1.82) is 0 Å². The van der Waals surface area contributed by atoms with E-state index in [0.717, 1.165) is 62.5 Å². The van der Waals surface area contributed by atoms with E-state index < -0.39 is 11.9 Å². The van der Waals surface area contributed by atoms with Gasteiger partial charge in [-0.3, -0.25) is 9.59 Å². The lowest BCUT2D eigenvalue weighted by Gasteiger charge is -2.20. The van der Waals surface area contributed by atoms with E-state index in [9.17, 15) is 19.2 Å². The van der Waals surface area contributed by atoms with Crippen LogP contribution in [0.15, 0.2) is 0 Å². The number of fused-ring (bicyclic) bond motifs is 2. The van der Waals surface area contributed by atoms with Crippen LogP contribution in [0.4, 0.5) is 10.0 Å². The Morgan fingerprint density at radius 3 is 1.54 bits per heavy atom. The molecule has 0 bridgehead atoms. The highest BCUT2D eigenvalue weighted by Gasteiger charge is 2.31. The SMILES string of the molecule is CCC1CCc2c(sc(NC(=O)CCSCCC(=O)Nc3sc4c(c3C(=O)OC)CCC(CC)C4)c2C(=O)OC)C1. The zero-order valence-electron chi connectivity index (χ0n) is 24.3. The lowest BCUT2D eigenvalue weighted by molar-refractivity contribution is -0.116. The minimum atomic E-state index is -0.403. The van der Waals surface area contributed by atoms with Crippen molar-refractivity contribution in [3.63, 3.8) is 0 Å². The van der Waals surface area contributed by atoms with E-state index in [1.54, 1.807) is 0 Å². The maximum absolute atomic E-state index is 12.7. The summed E-state index contributed by atoms with van der Waals surface area (Å²) in [6.45, 7) is 4.37. The van der Waals surface area contributed by atoms with Crippen LogP contribution in [-0.2, 0) is 44.7 Å². The molecule has 2 aliphatic carbocycles. The van der Waals surface area contributed by atoms with Gasteiger partial charge in [-0.25, -0.2) is 9.59 Å². The first-order chi connectivity index (χ1) is 19.8. The molecule has 2 N–H and O–H groups in total. The van der Waals surface area contributed by atoms with Crippen LogP contribution >= 0.6 is 34.4 Å². The predicted molar refractivity (Wildman–Crippen MR) is 167 cm³/mol. The fourth-order valence-electron chi connectivity index (χ4n) is 5.63. The van der Waals surface area contributed by atoms with Crippen LogP contribution in [0.5, 0.6) is 0 Å². The summed E-state index contributed by atoms with van der Waals surface area (Å²) in [5, 5.41) is 7.05. The van der Waals surface area contributed by atoms with Gasteiger partial charge in [-0.05, 0) is 61.5 Å². The third-order valence-electron chi connectivity index (χ3n) is 8.12. The van der Waals surface area contributed by atoms with E-state index in [4.69, 9.17) is 9.47 Å². The summed E-state index contributed by atoms with van der Waals surface area (Å²) in [5.74, 6) is 1.19. The van der Waals surface area contributed by atoms with E-state index in [0.29, 0.717) is 44.5 Å². The number of esters is 2. The summed E-state index contributed by atoms with van der Waals surface area (Å²) < 4.78 is 10.0. The second-order valence-corrected chi connectivity index (χ2v) is 14.1. The van der Waals surface area contributed by atoms with Gasteiger partial charge in [0.2, 0.25) is 11.8 Å². The Morgan fingerprint density at radius 2 is 1.17 bits per heavy atom. The van der Waals surface area contributed by atoms with Gasteiger partial charge in [-0.1, -0.05) is 26.7 Å². The summed E-state index contributed by atoms with van der Waals surface area (Å²) in [6.07, 6.45) is 8.36. The van der Waals surface area contributed by atoms with Gasteiger partial charge in [0.25, 0.3) is 0 Å². The van der Waals surface area contributed by atoms with Crippen LogP contribution in [0.3, 0.4) is 0 Å². The minimum absolute atomic E-state index is 0.157. The highest BCUT2D eigenvalue weighted by molar-refractivity contribution is 7.99. The number of hydrogen-bond acceptors (Lipinski definition) is 9. The number of amides is 2. The number of carbonyl (C=O) groups excluding carboxylic acids is 4. The van der Waals surface area contributed by atoms with Crippen molar-refractivity contribution in [2.24, 2.45) is 11.8 Å². The molecule has 0 aromatic carbocycles. The van der Waals surface area contributed by atoms with E-state index in [2.05, 4.69) is 24.5 Å². The normalized spacial score (nSPS) is 17.8. The molecule has 2 heterocycles. The largest absolute Gasteiger partial charge is 0.465 e. The fraction of sp³-hybridized carbons (Fsp3) is 0.600. The molecule has 41 heavy (non-hydrogen) atoms. The van der Waals surface area contributed by atoms with Crippen molar-refractivity contribution in [1.82, 2.24) is 0 Å². The molecule has 0 saturated heterocycles. The van der Waals surface area contributed by atoms with Gasteiger partial charge < -0.3 is 20.1 Å². The molecule has 2 unspecified atom stereocenters. The number of methoxy groups -OCH3 is 2. The van der Waals surface area contributed by atoms with Crippen molar-refractivity contribution in [3.05, 3.63) is 32.0 Å². The van der Waals surface area contributed by atoms with E-state index >= 15 is 0 Å². The maximum atomic E-state index is 12.7. The van der Waals surface area contributed by atoms with Crippen LogP contribution < -0.4 is 10.6 Å². The number of anilines is 2. The van der Waals surface area contributed by atoms with Gasteiger partial charge in [0.1, 0.15) is 10.0 Å². The Balaban J connectivity index is 1.26. The molecule has 0 aliphatic heterocycles. The molecule has 224 valence electrons. The first-order valence-electron chi connectivity index (χ1n) is 14.4. The van der Waals surface area contributed by atoms with Gasteiger partial charge in [0.15, 0.2) is 0 Å². The van der Waals surface area contributed by atoms with Crippen LogP contribution in [0.2, 0.25) is 0 Å². The van der Waals surface area contributed by atoms with Crippen molar-refractivity contribution in [2.75, 3.05) is 36.4 Å². The second-order valence-electron chi connectivity index (χ2n) is 10.6. The molecular formula is C30H40N2O6S3. The van der Waals surface area contributed by atoms with Crippen molar-refractivity contribution >= 4 is 68.2 Å². The number of thiophene rings is 2. The summed E-state index contributed by atoms with van der Waals surface area (Å²) in [5.41, 5.74) is 3.06. The molecule has 0 radical (unpaired) electrons.